The highest BCUT2D eigenvalue weighted by Gasteiger charge is 2.13. The summed E-state index contributed by atoms with van der Waals surface area (Å²) in [5, 5.41) is 3.22. The van der Waals surface area contributed by atoms with Crippen molar-refractivity contribution in [3.8, 4) is 0 Å². The number of hydrogen-bond acceptors (Lipinski definition) is 2. The molecule has 0 unspecified atom stereocenters. The number of nitrogens with one attached hydrogen (secondary N) is 1. The van der Waals surface area contributed by atoms with Crippen molar-refractivity contribution in [3.63, 3.8) is 0 Å². The third-order valence-electron chi connectivity index (χ3n) is 2.64. The van der Waals surface area contributed by atoms with Crippen LogP contribution in [0.3, 0.4) is 0 Å². The maximum atomic E-state index is 13.3. The zero-order valence-corrected chi connectivity index (χ0v) is 10.9. The van der Waals surface area contributed by atoms with Gasteiger partial charge in [-0.1, -0.05) is 12.1 Å². The van der Waals surface area contributed by atoms with E-state index in [0.29, 0.717) is 12.1 Å². The molecule has 1 saturated heterocycles. The van der Waals surface area contributed by atoms with Gasteiger partial charge in [-0.05, 0) is 6.07 Å². The molecule has 0 spiro atoms. The molecule has 1 fully saturated rings. The topological polar surface area (TPSA) is 15.3 Å². The molecule has 2 rings (SSSR count). The van der Waals surface area contributed by atoms with Crippen LogP contribution in [0.5, 0.6) is 0 Å². The van der Waals surface area contributed by atoms with Gasteiger partial charge in [0.05, 0.1) is 0 Å². The average Bonchev–Trinajstić information content (AvgIpc) is 2.26. The summed E-state index contributed by atoms with van der Waals surface area (Å²) in [6.07, 6.45) is 0. The van der Waals surface area contributed by atoms with Gasteiger partial charge in [0.25, 0.3) is 0 Å². The number of hydrogen-bond donors (Lipinski definition) is 1. The Morgan fingerprint density at radius 1 is 1.12 bits per heavy atom. The van der Waals surface area contributed by atoms with Crippen molar-refractivity contribution in [2.45, 2.75) is 6.54 Å². The Kier molecular flexibility index (Phi) is 7.63. The first-order valence-corrected chi connectivity index (χ1v) is 5.13. The number of piperazine rings is 1. The molecular formula is C11H16Cl2F2N2. The number of benzene rings is 1. The lowest BCUT2D eigenvalue weighted by atomic mass is 10.2. The highest BCUT2D eigenvalue weighted by atomic mass is 35.5. The lowest BCUT2D eigenvalue weighted by Crippen LogP contribution is -2.43. The summed E-state index contributed by atoms with van der Waals surface area (Å²) < 4.78 is 26.3. The zero-order chi connectivity index (χ0) is 10.7. The Hall–Kier alpha value is -0.420. The Morgan fingerprint density at radius 2 is 1.76 bits per heavy atom. The third kappa shape index (κ3) is 4.39. The minimum Gasteiger partial charge on any atom is -0.314 e. The Morgan fingerprint density at radius 3 is 2.41 bits per heavy atom. The summed E-state index contributed by atoms with van der Waals surface area (Å²) in [7, 11) is 0. The highest BCUT2D eigenvalue weighted by Crippen LogP contribution is 2.13. The zero-order valence-electron chi connectivity index (χ0n) is 9.29. The van der Waals surface area contributed by atoms with E-state index in [-0.39, 0.29) is 24.8 Å². The number of rotatable bonds is 2. The van der Waals surface area contributed by atoms with Gasteiger partial charge in [0.2, 0.25) is 0 Å². The Balaban J connectivity index is 0.00000128. The van der Waals surface area contributed by atoms with Crippen molar-refractivity contribution in [2.75, 3.05) is 26.2 Å². The molecule has 17 heavy (non-hydrogen) atoms. The smallest absolute Gasteiger partial charge is 0.163 e. The minimum absolute atomic E-state index is 0. The molecule has 0 bridgehead atoms. The highest BCUT2D eigenvalue weighted by molar-refractivity contribution is 5.85. The first-order chi connectivity index (χ1) is 7.27. The van der Waals surface area contributed by atoms with Gasteiger partial charge in [0.1, 0.15) is 0 Å². The van der Waals surface area contributed by atoms with Crippen molar-refractivity contribution < 1.29 is 8.78 Å². The maximum Gasteiger partial charge on any atom is 0.163 e. The molecule has 1 N–H and O–H groups in total. The van der Waals surface area contributed by atoms with Gasteiger partial charge < -0.3 is 5.32 Å². The van der Waals surface area contributed by atoms with Crippen LogP contribution in [0.15, 0.2) is 18.2 Å². The standard InChI is InChI=1S/C11H14F2N2.2ClH/c12-10-3-1-2-9(11(10)13)8-15-6-4-14-5-7-15;;/h1-3,14H,4-8H2;2*1H. The molecule has 1 heterocycles. The SMILES string of the molecule is Cl.Cl.Fc1cccc(CN2CCNCC2)c1F. The summed E-state index contributed by atoms with van der Waals surface area (Å²) in [6, 6.07) is 4.34. The lowest BCUT2D eigenvalue weighted by Gasteiger charge is -2.27. The van der Waals surface area contributed by atoms with E-state index in [0.717, 1.165) is 32.2 Å². The molecule has 0 aromatic heterocycles. The van der Waals surface area contributed by atoms with Gasteiger partial charge >= 0.3 is 0 Å². The van der Waals surface area contributed by atoms with Crippen LogP contribution >= 0.6 is 24.8 Å². The average molecular weight is 285 g/mol. The van der Waals surface area contributed by atoms with Gasteiger partial charge in [-0.25, -0.2) is 8.78 Å². The monoisotopic (exact) mass is 284 g/mol. The molecule has 0 aliphatic carbocycles. The molecule has 0 radical (unpaired) electrons. The Bertz CT molecular complexity index is 344. The molecule has 1 aromatic rings. The number of halogens is 4. The molecule has 2 nitrogen and oxygen atoms in total. The summed E-state index contributed by atoms with van der Waals surface area (Å²) in [4.78, 5) is 2.12. The fraction of sp³-hybridized carbons (Fsp3) is 0.455. The van der Waals surface area contributed by atoms with E-state index >= 15 is 0 Å². The van der Waals surface area contributed by atoms with Crippen molar-refractivity contribution >= 4 is 24.8 Å². The molecule has 98 valence electrons. The summed E-state index contributed by atoms with van der Waals surface area (Å²) >= 11 is 0. The van der Waals surface area contributed by atoms with Crippen LogP contribution in [0.2, 0.25) is 0 Å². The lowest BCUT2D eigenvalue weighted by molar-refractivity contribution is 0.229. The predicted octanol–water partition coefficient (Wildman–Crippen LogP) is 2.21. The van der Waals surface area contributed by atoms with Crippen molar-refractivity contribution in [1.29, 1.82) is 0 Å². The number of nitrogens with zero attached hydrogens (tertiary/aromatic N) is 1. The fourth-order valence-corrected chi connectivity index (χ4v) is 1.78. The third-order valence-corrected chi connectivity index (χ3v) is 2.64. The van der Waals surface area contributed by atoms with Crippen LogP contribution in [0.25, 0.3) is 0 Å². The van der Waals surface area contributed by atoms with E-state index in [1.807, 2.05) is 0 Å². The summed E-state index contributed by atoms with van der Waals surface area (Å²) in [5.74, 6) is -1.47. The first kappa shape index (κ1) is 16.6. The van der Waals surface area contributed by atoms with Crippen LogP contribution in [0.4, 0.5) is 8.78 Å². The maximum absolute atomic E-state index is 13.3. The van der Waals surface area contributed by atoms with Crippen molar-refractivity contribution in [2.24, 2.45) is 0 Å². The molecule has 0 amide bonds. The van der Waals surface area contributed by atoms with Gasteiger partial charge in [0.15, 0.2) is 11.6 Å². The Labute approximate surface area is 112 Å². The van der Waals surface area contributed by atoms with E-state index in [9.17, 15) is 8.78 Å². The predicted molar refractivity (Wildman–Crippen MR) is 69.0 cm³/mol. The van der Waals surface area contributed by atoms with Crippen LogP contribution in [0, 0.1) is 11.6 Å². The van der Waals surface area contributed by atoms with Gasteiger partial charge in [-0.3, -0.25) is 4.90 Å². The molecule has 0 saturated carbocycles. The molecule has 1 aliphatic heterocycles. The molecule has 0 atom stereocenters. The van der Waals surface area contributed by atoms with E-state index in [2.05, 4.69) is 10.2 Å². The van der Waals surface area contributed by atoms with E-state index in [1.165, 1.54) is 0 Å². The minimum atomic E-state index is -0.761. The second-order valence-electron chi connectivity index (χ2n) is 3.74. The van der Waals surface area contributed by atoms with E-state index in [1.54, 1.807) is 12.1 Å². The summed E-state index contributed by atoms with van der Waals surface area (Å²) in [6.45, 7) is 4.09. The van der Waals surface area contributed by atoms with Gasteiger partial charge in [-0.2, -0.15) is 0 Å². The van der Waals surface area contributed by atoms with Gasteiger partial charge in [0, 0.05) is 38.3 Å². The van der Waals surface area contributed by atoms with Crippen molar-refractivity contribution in [1.82, 2.24) is 10.2 Å². The normalized spacial score (nSPS) is 15.9. The quantitative estimate of drug-likeness (QED) is 0.896. The second-order valence-corrected chi connectivity index (χ2v) is 3.74. The fourth-order valence-electron chi connectivity index (χ4n) is 1.78. The largest absolute Gasteiger partial charge is 0.314 e. The van der Waals surface area contributed by atoms with Crippen molar-refractivity contribution in [3.05, 3.63) is 35.4 Å². The van der Waals surface area contributed by atoms with Gasteiger partial charge in [-0.15, -0.1) is 24.8 Å². The van der Waals surface area contributed by atoms with Crippen LogP contribution in [-0.4, -0.2) is 31.1 Å². The summed E-state index contributed by atoms with van der Waals surface area (Å²) in [5.41, 5.74) is 0.442. The molecule has 1 aromatic carbocycles. The second kappa shape index (κ2) is 7.82. The van der Waals surface area contributed by atoms with E-state index < -0.39 is 11.6 Å². The molecular weight excluding hydrogens is 269 g/mol. The molecule has 1 aliphatic rings. The van der Waals surface area contributed by atoms with Crippen LogP contribution in [-0.2, 0) is 6.54 Å². The van der Waals surface area contributed by atoms with Crippen LogP contribution in [0.1, 0.15) is 5.56 Å². The van der Waals surface area contributed by atoms with E-state index in [4.69, 9.17) is 0 Å². The van der Waals surface area contributed by atoms with Crippen LogP contribution < -0.4 is 5.32 Å². The molecule has 6 heteroatoms. The first-order valence-electron chi connectivity index (χ1n) is 5.13.